The first-order chi connectivity index (χ1) is 16.1. The fourth-order valence-electron chi connectivity index (χ4n) is 3.90. The summed E-state index contributed by atoms with van der Waals surface area (Å²) in [5, 5.41) is 12.7. The predicted molar refractivity (Wildman–Crippen MR) is 133 cm³/mol. The van der Waals surface area contributed by atoms with Crippen LogP contribution < -0.4 is 10.7 Å². The monoisotopic (exact) mass is 475 g/mol. The summed E-state index contributed by atoms with van der Waals surface area (Å²) in [4.78, 5) is 13.5. The van der Waals surface area contributed by atoms with E-state index in [1.165, 1.54) is 11.8 Å². The van der Waals surface area contributed by atoms with Crippen molar-refractivity contribution in [3.8, 4) is 11.4 Å². The highest BCUT2D eigenvalue weighted by atomic mass is 35.5. The van der Waals surface area contributed by atoms with Crippen LogP contribution >= 0.6 is 23.4 Å². The molecule has 2 heterocycles. The maximum Gasteiger partial charge on any atom is 0.240 e. The van der Waals surface area contributed by atoms with Gasteiger partial charge in [-0.1, -0.05) is 91.0 Å². The molecule has 0 spiro atoms. The Labute approximate surface area is 201 Å². The number of nitrogens with one attached hydrogen (secondary N) is 2. The first kappa shape index (κ1) is 21.6. The summed E-state index contributed by atoms with van der Waals surface area (Å²) < 4.78 is 1.86. The third kappa shape index (κ3) is 4.34. The van der Waals surface area contributed by atoms with E-state index < -0.39 is 5.25 Å². The lowest BCUT2D eigenvalue weighted by atomic mass is 10.0. The highest BCUT2D eigenvalue weighted by molar-refractivity contribution is 8.00. The van der Waals surface area contributed by atoms with Gasteiger partial charge in [0.2, 0.25) is 11.1 Å². The van der Waals surface area contributed by atoms with Gasteiger partial charge in [-0.15, -0.1) is 10.2 Å². The van der Waals surface area contributed by atoms with Gasteiger partial charge in [-0.3, -0.25) is 4.79 Å². The van der Waals surface area contributed by atoms with Gasteiger partial charge in [0, 0.05) is 16.3 Å². The van der Waals surface area contributed by atoms with Gasteiger partial charge in [0.15, 0.2) is 5.82 Å². The number of aromatic nitrogens is 3. The Balaban J connectivity index is 1.52. The lowest BCUT2D eigenvalue weighted by Gasteiger charge is -2.33. The van der Waals surface area contributed by atoms with Gasteiger partial charge in [-0.2, -0.15) is 0 Å². The zero-order valence-corrected chi connectivity index (χ0v) is 19.5. The molecular weight excluding hydrogens is 454 g/mol. The molecule has 33 heavy (non-hydrogen) atoms. The second kappa shape index (κ2) is 9.29. The number of benzene rings is 3. The number of thioether (sulfide) groups is 1. The van der Waals surface area contributed by atoms with Crippen LogP contribution in [0.5, 0.6) is 0 Å². The number of anilines is 1. The van der Waals surface area contributed by atoms with Crippen LogP contribution in [0.4, 0.5) is 5.69 Å². The molecule has 8 heteroatoms. The van der Waals surface area contributed by atoms with E-state index in [2.05, 4.69) is 27.9 Å². The number of carbonyl (C=O) groups is 1. The zero-order valence-electron chi connectivity index (χ0n) is 17.9. The SMILES string of the molecule is CCc1ccccc1NC(=O)[C@H]1Sc2nnc(-c3ccccc3)n2N[C@H]1c1ccc(Cl)cc1. The van der Waals surface area contributed by atoms with E-state index in [0.29, 0.717) is 16.0 Å². The van der Waals surface area contributed by atoms with Gasteiger partial charge in [0.25, 0.3) is 0 Å². The number of hydrogen-bond donors (Lipinski definition) is 2. The number of fused-ring (bicyclic) bond motifs is 1. The van der Waals surface area contributed by atoms with Gasteiger partial charge >= 0.3 is 0 Å². The van der Waals surface area contributed by atoms with Gasteiger partial charge in [-0.05, 0) is 35.7 Å². The molecule has 1 amide bonds. The maximum absolute atomic E-state index is 13.5. The highest BCUT2D eigenvalue weighted by Gasteiger charge is 2.38. The minimum atomic E-state index is -0.462. The summed E-state index contributed by atoms with van der Waals surface area (Å²) in [7, 11) is 0. The molecule has 1 aromatic heterocycles. The van der Waals surface area contributed by atoms with Gasteiger partial charge in [0.1, 0.15) is 5.25 Å². The first-order valence-electron chi connectivity index (χ1n) is 10.7. The summed E-state index contributed by atoms with van der Waals surface area (Å²) in [6.45, 7) is 2.08. The lowest BCUT2D eigenvalue weighted by Crippen LogP contribution is -2.41. The number of nitrogens with zero attached hydrogens (tertiary/aromatic N) is 3. The number of carbonyl (C=O) groups excluding carboxylic acids is 1. The Bertz CT molecular complexity index is 1280. The van der Waals surface area contributed by atoms with Crippen LogP contribution in [0.2, 0.25) is 5.02 Å². The summed E-state index contributed by atoms with van der Waals surface area (Å²) in [5.74, 6) is 0.608. The van der Waals surface area contributed by atoms with Crippen molar-refractivity contribution in [1.29, 1.82) is 0 Å². The van der Waals surface area contributed by atoms with Gasteiger partial charge in [-0.25, -0.2) is 4.68 Å². The minimum absolute atomic E-state index is 0.0936. The standard InChI is InChI=1S/C25H22ClN5OS/c1-2-16-8-6-7-11-20(16)27-24(32)22-21(17-12-14-19(26)15-13-17)30-31-23(28-29-25(31)33-22)18-9-4-3-5-10-18/h3-15,21-22,30H,2H2,1H3,(H,27,32)/t21-,22-/m0/s1. The maximum atomic E-state index is 13.5. The van der Waals surface area contributed by atoms with E-state index in [4.69, 9.17) is 11.6 Å². The van der Waals surface area contributed by atoms with Crippen LogP contribution in [0, 0.1) is 0 Å². The molecule has 0 saturated heterocycles. The van der Waals surface area contributed by atoms with Crippen molar-refractivity contribution >= 4 is 35.0 Å². The molecule has 4 aromatic rings. The molecular formula is C25H22ClN5OS. The summed E-state index contributed by atoms with van der Waals surface area (Å²) in [5.41, 5.74) is 7.31. The molecule has 166 valence electrons. The Hall–Kier alpha value is -3.29. The molecule has 0 unspecified atom stereocenters. The van der Waals surface area contributed by atoms with Crippen LogP contribution in [-0.4, -0.2) is 26.0 Å². The molecule has 2 N–H and O–H groups in total. The topological polar surface area (TPSA) is 71.8 Å². The molecule has 2 atom stereocenters. The Kier molecular flexibility index (Phi) is 6.07. The fourth-order valence-corrected chi connectivity index (χ4v) is 5.11. The summed E-state index contributed by atoms with van der Waals surface area (Å²) in [6.07, 6.45) is 0.835. The Morgan fingerprint density at radius 2 is 1.76 bits per heavy atom. The van der Waals surface area contributed by atoms with Crippen molar-refractivity contribution in [2.45, 2.75) is 29.8 Å². The quantitative estimate of drug-likeness (QED) is 0.395. The van der Waals surface area contributed by atoms with Crippen LogP contribution in [-0.2, 0) is 11.2 Å². The normalized spacial score (nSPS) is 17.2. The summed E-state index contributed by atoms with van der Waals surface area (Å²) >= 11 is 7.53. The van der Waals surface area contributed by atoms with Crippen LogP contribution in [0.15, 0.2) is 84.0 Å². The van der Waals surface area contributed by atoms with Crippen molar-refractivity contribution in [3.63, 3.8) is 0 Å². The number of amides is 1. The number of halogens is 1. The molecule has 6 nitrogen and oxygen atoms in total. The number of aryl methyl sites for hydroxylation is 1. The third-order valence-electron chi connectivity index (χ3n) is 5.61. The van der Waals surface area contributed by atoms with Crippen molar-refractivity contribution < 1.29 is 4.79 Å². The second-order valence-electron chi connectivity index (χ2n) is 7.70. The van der Waals surface area contributed by atoms with Crippen LogP contribution in [0.3, 0.4) is 0 Å². The van der Waals surface area contributed by atoms with E-state index in [0.717, 1.165) is 28.8 Å². The number of hydrogen-bond acceptors (Lipinski definition) is 5. The smallest absolute Gasteiger partial charge is 0.240 e. The first-order valence-corrected chi connectivity index (χ1v) is 12.0. The molecule has 5 rings (SSSR count). The largest absolute Gasteiger partial charge is 0.325 e. The van der Waals surface area contributed by atoms with Gasteiger partial charge in [0.05, 0.1) is 6.04 Å². The fraction of sp³-hybridized carbons (Fsp3) is 0.160. The molecule has 1 aliphatic heterocycles. The minimum Gasteiger partial charge on any atom is -0.325 e. The third-order valence-corrected chi connectivity index (χ3v) is 7.08. The molecule has 0 bridgehead atoms. The summed E-state index contributed by atoms with van der Waals surface area (Å²) in [6, 6.07) is 25.0. The molecule has 0 saturated carbocycles. The van der Waals surface area contributed by atoms with Crippen molar-refractivity contribution in [2.24, 2.45) is 0 Å². The molecule has 1 aliphatic rings. The van der Waals surface area contributed by atoms with E-state index in [1.54, 1.807) is 0 Å². The Morgan fingerprint density at radius 3 is 2.52 bits per heavy atom. The predicted octanol–water partition coefficient (Wildman–Crippen LogP) is 5.56. The van der Waals surface area contributed by atoms with Crippen molar-refractivity contribution in [3.05, 3.63) is 95.0 Å². The van der Waals surface area contributed by atoms with E-state index in [9.17, 15) is 4.79 Å². The average molecular weight is 476 g/mol. The second-order valence-corrected chi connectivity index (χ2v) is 9.25. The van der Waals surface area contributed by atoms with Crippen molar-refractivity contribution in [1.82, 2.24) is 14.9 Å². The lowest BCUT2D eigenvalue weighted by molar-refractivity contribution is -0.116. The molecule has 0 fully saturated rings. The van der Waals surface area contributed by atoms with E-state index in [-0.39, 0.29) is 11.9 Å². The number of para-hydroxylation sites is 1. The van der Waals surface area contributed by atoms with Crippen LogP contribution in [0.25, 0.3) is 11.4 Å². The number of rotatable bonds is 5. The average Bonchev–Trinajstić information content (AvgIpc) is 3.27. The zero-order chi connectivity index (χ0) is 22.8. The molecule has 0 radical (unpaired) electrons. The Morgan fingerprint density at radius 1 is 1.03 bits per heavy atom. The van der Waals surface area contributed by atoms with Crippen LogP contribution in [0.1, 0.15) is 24.1 Å². The van der Waals surface area contributed by atoms with Crippen molar-refractivity contribution in [2.75, 3.05) is 10.7 Å². The van der Waals surface area contributed by atoms with E-state index in [1.807, 2.05) is 83.5 Å². The molecule has 0 aliphatic carbocycles. The highest BCUT2D eigenvalue weighted by Crippen LogP contribution is 2.39. The molecule has 3 aromatic carbocycles. The van der Waals surface area contributed by atoms with Gasteiger partial charge < -0.3 is 10.7 Å². The van der Waals surface area contributed by atoms with E-state index >= 15 is 0 Å².